The maximum absolute atomic E-state index is 12.4. The number of fused-ring (bicyclic) bond motifs is 1. The second kappa shape index (κ2) is 4.51. The number of benzene rings is 1. The number of nitrogens with zero attached hydrogens (tertiary/aromatic N) is 1. The molecule has 1 aromatic carbocycles. The third kappa shape index (κ3) is 2.41. The van der Waals surface area contributed by atoms with Gasteiger partial charge in [-0.15, -0.1) is 0 Å². The lowest BCUT2D eigenvalue weighted by atomic mass is 10.0. The van der Waals surface area contributed by atoms with E-state index in [0.29, 0.717) is 5.92 Å². The van der Waals surface area contributed by atoms with Crippen molar-refractivity contribution < 1.29 is 9.53 Å². The highest BCUT2D eigenvalue weighted by molar-refractivity contribution is 5.71. The van der Waals surface area contributed by atoms with Crippen molar-refractivity contribution in [1.82, 2.24) is 4.90 Å². The van der Waals surface area contributed by atoms with Crippen LogP contribution >= 0.6 is 0 Å². The van der Waals surface area contributed by atoms with Crippen molar-refractivity contribution in [1.29, 1.82) is 0 Å². The summed E-state index contributed by atoms with van der Waals surface area (Å²) >= 11 is 0. The molecule has 1 saturated heterocycles. The van der Waals surface area contributed by atoms with Gasteiger partial charge in [0.05, 0.1) is 5.54 Å². The van der Waals surface area contributed by atoms with Gasteiger partial charge >= 0.3 is 6.09 Å². The van der Waals surface area contributed by atoms with Gasteiger partial charge in [-0.1, -0.05) is 30.3 Å². The molecule has 20 heavy (non-hydrogen) atoms. The zero-order valence-electron chi connectivity index (χ0n) is 12.6. The molecule has 0 spiro atoms. The van der Waals surface area contributed by atoms with Crippen LogP contribution < -0.4 is 0 Å². The summed E-state index contributed by atoms with van der Waals surface area (Å²) in [5, 5.41) is 0. The Bertz CT molecular complexity index is 505. The van der Waals surface area contributed by atoms with Gasteiger partial charge in [-0.05, 0) is 51.5 Å². The topological polar surface area (TPSA) is 29.5 Å². The Labute approximate surface area is 120 Å². The number of ether oxygens (including phenoxy) is 1. The predicted molar refractivity (Wildman–Crippen MR) is 78.5 cm³/mol. The molecule has 0 radical (unpaired) electrons. The van der Waals surface area contributed by atoms with Crippen molar-refractivity contribution in [3.05, 3.63) is 35.9 Å². The Kier molecular flexibility index (Phi) is 3.03. The summed E-state index contributed by atoms with van der Waals surface area (Å²) in [4.78, 5) is 14.4. The van der Waals surface area contributed by atoms with Crippen molar-refractivity contribution in [3.8, 4) is 0 Å². The van der Waals surface area contributed by atoms with Gasteiger partial charge in [0.25, 0.3) is 0 Å². The van der Waals surface area contributed by atoms with Crippen LogP contribution in [0.5, 0.6) is 0 Å². The van der Waals surface area contributed by atoms with E-state index < -0.39 is 5.60 Å². The zero-order valence-corrected chi connectivity index (χ0v) is 12.6. The molecule has 2 unspecified atom stereocenters. The zero-order chi connectivity index (χ0) is 14.4. The average Bonchev–Trinajstić information content (AvgIpc) is 2.92. The first-order chi connectivity index (χ1) is 9.41. The standard InChI is InChI=1S/C17H23NO2/c1-16(2,3)20-15(19)18-10-9-14-12-17(14,18)11-13-7-5-4-6-8-13/h4-8,14H,9-12H2,1-3H3. The van der Waals surface area contributed by atoms with Gasteiger partial charge in [-0.2, -0.15) is 0 Å². The van der Waals surface area contributed by atoms with E-state index >= 15 is 0 Å². The fraction of sp³-hybridized carbons (Fsp3) is 0.588. The predicted octanol–water partition coefficient (Wildman–Crippen LogP) is 3.63. The van der Waals surface area contributed by atoms with Gasteiger partial charge in [0.15, 0.2) is 0 Å². The van der Waals surface area contributed by atoms with Gasteiger partial charge in [0, 0.05) is 6.54 Å². The number of hydrogen-bond acceptors (Lipinski definition) is 2. The van der Waals surface area contributed by atoms with Crippen molar-refractivity contribution in [2.24, 2.45) is 5.92 Å². The van der Waals surface area contributed by atoms with Crippen molar-refractivity contribution in [3.63, 3.8) is 0 Å². The maximum Gasteiger partial charge on any atom is 0.410 e. The molecule has 2 atom stereocenters. The lowest BCUT2D eigenvalue weighted by Gasteiger charge is -2.31. The molecule has 2 aliphatic rings. The molecule has 108 valence electrons. The number of rotatable bonds is 2. The number of likely N-dealkylation sites (tertiary alicyclic amines) is 1. The van der Waals surface area contributed by atoms with Crippen LogP contribution in [0.2, 0.25) is 0 Å². The van der Waals surface area contributed by atoms with Crippen LogP contribution in [0, 0.1) is 5.92 Å². The molecule has 3 nitrogen and oxygen atoms in total. The minimum atomic E-state index is -0.419. The van der Waals surface area contributed by atoms with Gasteiger partial charge in [0.1, 0.15) is 5.60 Å². The van der Waals surface area contributed by atoms with E-state index in [-0.39, 0.29) is 11.6 Å². The summed E-state index contributed by atoms with van der Waals surface area (Å²) in [6.07, 6.45) is 3.05. The smallest absolute Gasteiger partial charge is 0.410 e. The first kappa shape index (κ1) is 13.5. The summed E-state index contributed by atoms with van der Waals surface area (Å²) in [5.74, 6) is 0.662. The third-order valence-corrected chi connectivity index (χ3v) is 4.41. The van der Waals surface area contributed by atoms with Crippen LogP contribution in [-0.2, 0) is 11.2 Å². The van der Waals surface area contributed by atoms with E-state index in [1.165, 1.54) is 5.56 Å². The number of carbonyl (C=O) groups is 1. The fourth-order valence-electron chi connectivity index (χ4n) is 3.43. The Hall–Kier alpha value is -1.51. The van der Waals surface area contributed by atoms with Gasteiger partial charge in [0.2, 0.25) is 0 Å². The Balaban J connectivity index is 1.74. The summed E-state index contributed by atoms with van der Waals surface area (Å²) < 4.78 is 5.57. The summed E-state index contributed by atoms with van der Waals surface area (Å²) in [7, 11) is 0. The SMILES string of the molecule is CC(C)(C)OC(=O)N1CCC2CC21Cc1ccccc1. The summed E-state index contributed by atoms with van der Waals surface area (Å²) in [5.41, 5.74) is 0.923. The number of hydrogen-bond donors (Lipinski definition) is 0. The molecule has 1 amide bonds. The molecule has 1 aliphatic carbocycles. The quantitative estimate of drug-likeness (QED) is 0.823. The highest BCUT2D eigenvalue weighted by Gasteiger charge is 2.63. The van der Waals surface area contributed by atoms with Crippen LogP contribution in [0.4, 0.5) is 4.79 Å². The van der Waals surface area contributed by atoms with Gasteiger partial charge in [-0.25, -0.2) is 4.79 Å². The van der Waals surface area contributed by atoms with E-state index in [2.05, 4.69) is 24.3 Å². The molecule has 1 aromatic rings. The minimum Gasteiger partial charge on any atom is -0.444 e. The van der Waals surface area contributed by atoms with E-state index in [9.17, 15) is 4.79 Å². The number of carbonyl (C=O) groups excluding carboxylic acids is 1. The molecule has 3 rings (SSSR count). The summed E-state index contributed by atoms with van der Waals surface area (Å²) in [6.45, 7) is 6.62. The van der Waals surface area contributed by atoms with E-state index in [4.69, 9.17) is 4.74 Å². The average molecular weight is 273 g/mol. The highest BCUT2D eigenvalue weighted by Crippen LogP contribution is 2.57. The van der Waals surface area contributed by atoms with Gasteiger partial charge < -0.3 is 9.64 Å². The maximum atomic E-state index is 12.4. The number of amides is 1. The van der Waals surface area contributed by atoms with E-state index in [1.807, 2.05) is 31.7 Å². The monoisotopic (exact) mass is 273 g/mol. The van der Waals surface area contributed by atoms with E-state index in [0.717, 1.165) is 25.8 Å². The lowest BCUT2D eigenvalue weighted by molar-refractivity contribution is 0.0175. The molecule has 0 aromatic heterocycles. The van der Waals surface area contributed by atoms with E-state index in [1.54, 1.807) is 0 Å². The van der Waals surface area contributed by atoms with Crippen LogP contribution in [-0.4, -0.2) is 28.7 Å². The molecule has 3 heteroatoms. The first-order valence-corrected chi connectivity index (χ1v) is 7.45. The highest BCUT2D eigenvalue weighted by atomic mass is 16.6. The minimum absolute atomic E-state index is 0.0314. The third-order valence-electron chi connectivity index (χ3n) is 4.41. The second-order valence-corrected chi connectivity index (χ2v) is 7.09. The molecular formula is C17H23NO2. The molecule has 1 heterocycles. The van der Waals surface area contributed by atoms with Crippen molar-refractivity contribution in [2.45, 2.75) is 51.2 Å². The van der Waals surface area contributed by atoms with Crippen LogP contribution in [0.25, 0.3) is 0 Å². The Morgan fingerprint density at radius 3 is 2.65 bits per heavy atom. The fourth-order valence-corrected chi connectivity index (χ4v) is 3.43. The molecule has 1 aliphatic heterocycles. The number of piperidine rings is 1. The second-order valence-electron chi connectivity index (χ2n) is 7.09. The first-order valence-electron chi connectivity index (χ1n) is 7.45. The van der Waals surface area contributed by atoms with Crippen molar-refractivity contribution in [2.75, 3.05) is 6.54 Å². The molecule has 1 saturated carbocycles. The van der Waals surface area contributed by atoms with Crippen molar-refractivity contribution >= 4 is 6.09 Å². The Morgan fingerprint density at radius 2 is 2.05 bits per heavy atom. The van der Waals surface area contributed by atoms with Crippen LogP contribution in [0.3, 0.4) is 0 Å². The summed E-state index contributed by atoms with van der Waals surface area (Å²) in [6, 6.07) is 10.5. The van der Waals surface area contributed by atoms with Crippen LogP contribution in [0.15, 0.2) is 30.3 Å². The Morgan fingerprint density at radius 1 is 1.35 bits per heavy atom. The lowest BCUT2D eigenvalue weighted by Crippen LogP contribution is -2.44. The molecule has 2 fully saturated rings. The normalized spacial score (nSPS) is 28.1. The molecule has 0 N–H and O–H groups in total. The van der Waals surface area contributed by atoms with Gasteiger partial charge in [-0.3, -0.25) is 0 Å². The largest absolute Gasteiger partial charge is 0.444 e. The van der Waals surface area contributed by atoms with Crippen LogP contribution in [0.1, 0.15) is 39.2 Å². The molecule has 0 bridgehead atoms. The molecular weight excluding hydrogens is 250 g/mol.